The fourth-order valence-electron chi connectivity index (χ4n) is 2.41. The Morgan fingerprint density at radius 3 is 2.81 bits per heavy atom. The first-order valence-corrected chi connectivity index (χ1v) is 9.22. The lowest BCUT2D eigenvalue weighted by atomic mass is 10.2. The van der Waals surface area contributed by atoms with E-state index in [9.17, 15) is 9.90 Å². The maximum atomic E-state index is 11.3. The van der Waals surface area contributed by atoms with Crippen LogP contribution >= 0.6 is 39.7 Å². The molecule has 2 heterocycles. The first-order chi connectivity index (χ1) is 12.8. The van der Waals surface area contributed by atoms with Gasteiger partial charge in [-0.05, 0) is 39.8 Å². The summed E-state index contributed by atoms with van der Waals surface area (Å²) in [4.78, 5) is 11.3. The number of nitrogens with zero attached hydrogens (tertiary/aromatic N) is 4. The van der Waals surface area contributed by atoms with E-state index in [1.807, 2.05) is 24.3 Å². The van der Waals surface area contributed by atoms with Gasteiger partial charge < -0.3 is 15.7 Å². The predicted molar refractivity (Wildman–Crippen MR) is 110 cm³/mol. The van der Waals surface area contributed by atoms with Crippen LogP contribution in [0.2, 0.25) is 5.02 Å². The Kier molecular flexibility index (Phi) is 5.78. The van der Waals surface area contributed by atoms with E-state index in [0.717, 1.165) is 5.56 Å². The molecule has 11 heteroatoms. The third-order valence-corrected chi connectivity index (χ3v) is 4.78. The lowest BCUT2D eigenvalue weighted by molar-refractivity contribution is 0.0686. The molecule has 0 saturated heterocycles. The Balaban J connectivity index is 1.71. The molecule has 0 aliphatic carbocycles. The molecule has 0 fully saturated rings. The van der Waals surface area contributed by atoms with Gasteiger partial charge in [-0.25, -0.2) is 4.79 Å². The van der Waals surface area contributed by atoms with Gasteiger partial charge in [0.2, 0.25) is 0 Å². The predicted octanol–water partition coefficient (Wildman–Crippen LogP) is 3.59. The van der Waals surface area contributed by atoms with E-state index in [1.165, 1.54) is 17.9 Å². The molecule has 8 nitrogen and oxygen atoms in total. The van der Waals surface area contributed by atoms with Crippen molar-refractivity contribution in [2.24, 2.45) is 7.05 Å². The molecule has 0 saturated carbocycles. The normalized spacial score (nSPS) is 10.6. The van der Waals surface area contributed by atoms with Gasteiger partial charge in [0.05, 0.1) is 22.9 Å². The van der Waals surface area contributed by atoms with Crippen LogP contribution < -0.4 is 10.6 Å². The summed E-state index contributed by atoms with van der Waals surface area (Å²) in [5.41, 5.74) is 1.22. The monoisotopic (exact) mass is 468 g/mol. The lowest BCUT2D eigenvalue weighted by Gasteiger charge is -2.08. The average Bonchev–Trinajstić information content (AvgIpc) is 3.12. The fraction of sp³-hybridized carbons (Fsp3) is 0.125. The van der Waals surface area contributed by atoms with E-state index in [0.29, 0.717) is 21.9 Å². The number of halogens is 2. The van der Waals surface area contributed by atoms with E-state index in [-0.39, 0.29) is 16.5 Å². The summed E-state index contributed by atoms with van der Waals surface area (Å²) in [6.45, 7) is 0.492. The number of anilines is 2. The summed E-state index contributed by atoms with van der Waals surface area (Å²) >= 11 is 14.9. The van der Waals surface area contributed by atoms with Crippen LogP contribution in [0.1, 0.15) is 16.1 Å². The largest absolute Gasteiger partial charge is 0.476 e. The Morgan fingerprint density at radius 2 is 2.11 bits per heavy atom. The molecule has 1 aromatic carbocycles. The second kappa shape index (κ2) is 8.07. The highest BCUT2D eigenvalue weighted by molar-refractivity contribution is 9.10. The molecule has 0 aliphatic rings. The van der Waals surface area contributed by atoms with E-state index in [4.69, 9.17) is 23.8 Å². The molecule has 3 N–H and O–H groups in total. The fourth-order valence-corrected chi connectivity index (χ4v) is 3.22. The number of hydrogen-bond donors (Lipinski definition) is 3. The van der Waals surface area contributed by atoms with Gasteiger partial charge in [0.15, 0.2) is 16.6 Å². The summed E-state index contributed by atoms with van der Waals surface area (Å²) < 4.78 is 3.66. The van der Waals surface area contributed by atoms with E-state index in [1.54, 1.807) is 10.9 Å². The number of carbonyl (C=O) groups is 1. The quantitative estimate of drug-likeness (QED) is 0.491. The standard InChI is InChI=1S/C16H14BrClN6O2S/c1-23-13(15(25)26)12(6-19-23)20-16(27)21-14-10(17)8-24(22-14)7-9-4-2-3-5-11(9)18/h2-6,8H,7H2,1H3,(H,25,26)(H2,20,21,22,27). The summed E-state index contributed by atoms with van der Waals surface area (Å²) in [7, 11) is 1.54. The van der Waals surface area contributed by atoms with Crippen molar-refractivity contribution in [3.63, 3.8) is 0 Å². The zero-order valence-corrected chi connectivity index (χ0v) is 17.1. The Labute approximate surface area is 173 Å². The van der Waals surface area contributed by atoms with Crippen molar-refractivity contribution in [3.8, 4) is 0 Å². The number of hydrogen-bond acceptors (Lipinski definition) is 4. The number of benzene rings is 1. The molecule has 0 unspecified atom stereocenters. The molecule has 3 rings (SSSR count). The van der Waals surface area contributed by atoms with Crippen LogP contribution in [0.15, 0.2) is 41.1 Å². The minimum Gasteiger partial charge on any atom is -0.476 e. The number of aryl methyl sites for hydroxylation is 1. The van der Waals surface area contributed by atoms with Crippen LogP contribution in [-0.2, 0) is 13.6 Å². The Hall–Kier alpha value is -2.43. The van der Waals surface area contributed by atoms with Crippen LogP contribution in [0.5, 0.6) is 0 Å². The van der Waals surface area contributed by atoms with Gasteiger partial charge >= 0.3 is 5.97 Å². The minimum atomic E-state index is -1.11. The molecule has 0 aliphatic heterocycles. The topological polar surface area (TPSA) is 97.0 Å². The van der Waals surface area contributed by atoms with Crippen molar-refractivity contribution in [1.82, 2.24) is 19.6 Å². The molecular weight excluding hydrogens is 456 g/mol. The third kappa shape index (κ3) is 4.46. The lowest BCUT2D eigenvalue weighted by Crippen LogP contribution is -2.21. The second-order valence-corrected chi connectivity index (χ2v) is 7.20. The van der Waals surface area contributed by atoms with Gasteiger partial charge in [0.1, 0.15) is 0 Å². The second-order valence-electron chi connectivity index (χ2n) is 5.53. The van der Waals surface area contributed by atoms with Gasteiger partial charge in [-0.2, -0.15) is 10.2 Å². The van der Waals surface area contributed by atoms with Crippen LogP contribution in [0.3, 0.4) is 0 Å². The third-order valence-electron chi connectivity index (χ3n) is 3.63. The molecule has 0 spiro atoms. The van der Waals surface area contributed by atoms with Gasteiger partial charge in [-0.15, -0.1) is 0 Å². The van der Waals surface area contributed by atoms with E-state index >= 15 is 0 Å². The van der Waals surface area contributed by atoms with Crippen molar-refractivity contribution >= 4 is 62.3 Å². The number of aromatic nitrogens is 4. The van der Waals surface area contributed by atoms with Crippen LogP contribution in [0.4, 0.5) is 11.5 Å². The van der Waals surface area contributed by atoms with Gasteiger partial charge in [0.25, 0.3) is 0 Å². The maximum Gasteiger partial charge on any atom is 0.356 e. The molecule has 0 radical (unpaired) electrons. The Morgan fingerprint density at radius 1 is 1.37 bits per heavy atom. The molecule has 140 valence electrons. The van der Waals surface area contributed by atoms with Crippen molar-refractivity contribution in [3.05, 3.63) is 57.4 Å². The summed E-state index contributed by atoms with van der Waals surface area (Å²) in [6, 6.07) is 7.52. The van der Waals surface area contributed by atoms with Crippen LogP contribution in [0.25, 0.3) is 0 Å². The van der Waals surface area contributed by atoms with Crippen molar-refractivity contribution in [1.29, 1.82) is 0 Å². The summed E-state index contributed by atoms with van der Waals surface area (Å²) in [6.07, 6.45) is 3.18. The summed E-state index contributed by atoms with van der Waals surface area (Å²) in [5.74, 6) is -0.620. The van der Waals surface area contributed by atoms with Crippen molar-refractivity contribution in [2.75, 3.05) is 10.6 Å². The highest BCUT2D eigenvalue weighted by atomic mass is 79.9. The number of carboxylic acid groups (broad SMARTS) is 1. The number of nitrogens with one attached hydrogen (secondary N) is 2. The zero-order chi connectivity index (χ0) is 19.6. The molecule has 0 bridgehead atoms. The van der Waals surface area contributed by atoms with Gasteiger partial charge in [0, 0.05) is 18.3 Å². The zero-order valence-electron chi connectivity index (χ0n) is 14.0. The summed E-state index contributed by atoms with van der Waals surface area (Å²) in [5, 5.41) is 24.2. The van der Waals surface area contributed by atoms with Crippen LogP contribution in [0, 0.1) is 0 Å². The first kappa shape index (κ1) is 19.3. The van der Waals surface area contributed by atoms with Gasteiger partial charge in [-0.3, -0.25) is 9.36 Å². The highest BCUT2D eigenvalue weighted by Gasteiger charge is 2.17. The van der Waals surface area contributed by atoms with Crippen molar-refractivity contribution < 1.29 is 9.90 Å². The maximum absolute atomic E-state index is 11.3. The van der Waals surface area contributed by atoms with Gasteiger partial charge in [-0.1, -0.05) is 29.8 Å². The number of rotatable bonds is 5. The smallest absolute Gasteiger partial charge is 0.356 e. The average molecular weight is 470 g/mol. The minimum absolute atomic E-state index is 0.00228. The Bertz CT molecular complexity index is 1020. The first-order valence-electron chi connectivity index (χ1n) is 7.65. The van der Waals surface area contributed by atoms with E-state index < -0.39 is 5.97 Å². The molecule has 2 aromatic heterocycles. The van der Waals surface area contributed by atoms with Crippen LogP contribution in [-0.4, -0.2) is 35.7 Å². The van der Waals surface area contributed by atoms with E-state index in [2.05, 4.69) is 36.8 Å². The van der Waals surface area contributed by atoms with Crippen molar-refractivity contribution in [2.45, 2.75) is 6.54 Å². The molecule has 0 amide bonds. The highest BCUT2D eigenvalue weighted by Crippen LogP contribution is 2.23. The SMILES string of the molecule is Cn1ncc(NC(=S)Nc2nn(Cc3ccccc3Cl)cc2Br)c1C(=O)O. The number of thiocarbonyl (C=S) groups is 1. The number of aromatic carboxylic acids is 1. The molecule has 27 heavy (non-hydrogen) atoms. The molecule has 0 atom stereocenters. The molecule has 3 aromatic rings. The molecular formula is C16H14BrClN6O2S. The number of carboxylic acids is 1.